The zero-order valence-corrected chi connectivity index (χ0v) is 16.0. The van der Waals surface area contributed by atoms with E-state index < -0.39 is 0 Å². The number of amides is 3. The molecule has 2 unspecified atom stereocenters. The summed E-state index contributed by atoms with van der Waals surface area (Å²) in [6, 6.07) is -0.0225. The average molecular weight is 361 g/mol. The van der Waals surface area contributed by atoms with Crippen LogP contribution < -0.4 is 10.6 Å². The first-order chi connectivity index (χ1) is 11.0. The molecule has 0 saturated carbocycles. The normalized spacial score (nSPS) is 24.0. The SMILES string of the molecule is CNCC1CCN(C(=O)C2CCCN(C(=O)NCC(C)C)C2)C1.Cl. The summed E-state index contributed by atoms with van der Waals surface area (Å²) in [5.74, 6) is 1.22. The van der Waals surface area contributed by atoms with Crippen LogP contribution in [0.1, 0.15) is 33.1 Å². The van der Waals surface area contributed by atoms with E-state index in [-0.39, 0.29) is 30.3 Å². The van der Waals surface area contributed by atoms with Gasteiger partial charge in [0.1, 0.15) is 0 Å². The third kappa shape index (κ3) is 5.81. The topological polar surface area (TPSA) is 64.7 Å². The Kier molecular flexibility index (Phi) is 8.84. The molecule has 7 heteroatoms. The monoisotopic (exact) mass is 360 g/mol. The minimum absolute atomic E-state index is 0. The zero-order chi connectivity index (χ0) is 16.8. The molecule has 0 bridgehead atoms. The molecule has 2 N–H and O–H groups in total. The van der Waals surface area contributed by atoms with Crippen LogP contribution in [0.3, 0.4) is 0 Å². The van der Waals surface area contributed by atoms with Gasteiger partial charge in [0.15, 0.2) is 0 Å². The lowest BCUT2D eigenvalue weighted by Gasteiger charge is -2.34. The highest BCUT2D eigenvalue weighted by atomic mass is 35.5. The molecule has 2 rings (SSSR count). The molecule has 2 heterocycles. The lowest BCUT2D eigenvalue weighted by Crippen LogP contribution is -2.49. The summed E-state index contributed by atoms with van der Waals surface area (Å²) in [6.45, 7) is 8.86. The third-order valence-electron chi connectivity index (χ3n) is 4.81. The molecule has 0 aromatic rings. The molecule has 3 amide bonds. The number of hydrogen-bond acceptors (Lipinski definition) is 3. The zero-order valence-electron chi connectivity index (χ0n) is 15.2. The van der Waals surface area contributed by atoms with E-state index in [0.29, 0.717) is 24.9 Å². The number of rotatable bonds is 5. The van der Waals surface area contributed by atoms with Gasteiger partial charge >= 0.3 is 6.03 Å². The van der Waals surface area contributed by atoms with Crippen LogP contribution in [0.2, 0.25) is 0 Å². The highest BCUT2D eigenvalue weighted by Crippen LogP contribution is 2.23. The van der Waals surface area contributed by atoms with Crippen LogP contribution in [0.4, 0.5) is 4.79 Å². The maximum Gasteiger partial charge on any atom is 0.317 e. The average Bonchev–Trinajstić information content (AvgIpc) is 3.01. The van der Waals surface area contributed by atoms with Crippen molar-refractivity contribution in [2.45, 2.75) is 33.1 Å². The fourth-order valence-electron chi connectivity index (χ4n) is 3.51. The Labute approximate surface area is 152 Å². The Hall–Kier alpha value is -1.01. The second kappa shape index (κ2) is 10.1. The van der Waals surface area contributed by atoms with Crippen molar-refractivity contribution < 1.29 is 9.59 Å². The Bertz CT molecular complexity index is 419. The summed E-state index contributed by atoms with van der Waals surface area (Å²) < 4.78 is 0. The van der Waals surface area contributed by atoms with Crippen molar-refractivity contribution in [1.29, 1.82) is 0 Å². The van der Waals surface area contributed by atoms with Gasteiger partial charge < -0.3 is 20.4 Å². The van der Waals surface area contributed by atoms with E-state index in [9.17, 15) is 9.59 Å². The van der Waals surface area contributed by atoms with E-state index in [1.165, 1.54) is 0 Å². The maximum absolute atomic E-state index is 12.7. The predicted molar refractivity (Wildman–Crippen MR) is 98.4 cm³/mol. The number of urea groups is 1. The second-order valence-electron chi connectivity index (χ2n) is 7.36. The molecule has 140 valence electrons. The summed E-state index contributed by atoms with van der Waals surface area (Å²) in [5, 5.41) is 6.15. The maximum atomic E-state index is 12.7. The largest absolute Gasteiger partial charge is 0.342 e. The predicted octanol–water partition coefficient (Wildman–Crippen LogP) is 1.55. The number of hydrogen-bond donors (Lipinski definition) is 2. The number of likely N-dealkylation sites (tertiary alicyclic amines) is 2. The minimum atomic E-state index is -0.0260. The van der Waals surface area contributed by atoms with Crippen LogP contribution in [-0.2, 0) is 4.79 Å². The van der Waals surface area contributed by atoms with Crippen LogP contribution in [0, 0.1) is 17.8 Å². The van der Waals surface area contributed by atoms with Gasteiger partial charge in [-0.25, -0.2) is 4.79 Å². The fraction of sp³-hybridized carbons (Fsp3) is 0.882. The van der Waals surface area contributed by atoms with Crippen molar-refractivity contribution in [3.63, 3.8) is 0 Å². The fourth-order valence-corrected chi connectivity index (χ4v) is 3.51. The lowest BCUT2D eigenvalue weighted by molar-refractivity contribution is -0.135. The van der Waals surface area contributed by atoms with Crippen LogP contribution in [0.15, 0.2) is 0 Å². The molecule has 24 heavy (non-hydrogen) atoms. The quantitative estimate of drug-likeness (QED) is 0.781. The van der Waals surface area contributed by atoms with E-state index in [1.54, 1.807) is 0 Å². The molecule has 2 atom stereocenters. The standard InChI is InChI=1S/C17H32N4O2.ClH/c1-13(2)9-19-17(23)21-7-4-5-15(12-21)16(22)20-8-6-14(11-20)10-18-3;/h13-15,18H,4-12H2,1-3H3,(H,19,23);1H. The minimum Gasteiger partial charge on any atom is -0.342 e. The molecule has 0 aromatic heterocycles. The summed E-state index contributed by atoms with van der Waals surface area (Å²) in [4.78, 5) is 28.8. The molecule has 2 fully saturated rings. The highest BCUT2D eigenvalue weighted by Gasteiger charge is 2.34. The third-order valence-corrected chi connectivity index (χ3v) is 4.81. The number of nitrogens with zero attached hydrogens (tertiary/aromatic N) is 2. The first kappa shape index (κ1) is 21.0. The lowest BCUT2D eigenvalue weighted by atomic mass is 9.97. The Balaban J connectivity index is 0.00000288. The van der Waals surface area contributed by atoms with Gasteiger partial charge in [0.2, 0.25) is 5.91 Å². The molecule has 0 radical (unpaired) electrons. The van der Waals surface area contributed by atoms with Gasteiger partial charge in [0.05, 0.1) is 5.92 Å². The van der Waals surface area contributed by atoms with Crippen molar-refractivity contribution in [3.8, 4) is 0 Å². The molecular formula is C17H33ClN4O2. The van der Waals surface area contributed by atoms with Crippen molar-refractivity contribution in [2.75, 3.05) is 46.3 Å². The Morgan fingerprint density at radius 2 is 1.88 bits per heavy atom. The van der Waals surface area contributed by atoms with Crippen LogP contribution in [0.25, 0.3) is 0 Å². The number of carbonyl (C=O) groups excluding carboxylic acids is 2. The van der Waals surface area contributed by atoms with Gasteiger partial charge in [-0.05, 0) is 44.7 Å². The second-order valence-corrected chi connectivity index (χ2v) is 7.36. The number of halogens is 1. The van der Waals surface area contributed by atoms with Crippen LogP contribution in [0.5, 0.6) is 0 Å². The molecule has 6 nitrogen and oxygen atoms in total. The van der Waals surface area contributed by atoms with Gasteiger partial charge in [-0.2, -0.15) is 0 Å². The van der Waals surface area contributed by atoms with Crippen molar-refractivity contribution in [2.24, 2.45) is 17.8 Å². The van der Waals surface area contributed by atoms with Gasteiger partial charge in [-0.15, -0.1) is 12.4 Å². The van der Waals surface area contributed by atoms with E-state index in [0.717, 1.165) is 45.4 Å². The number of carbonyl (C=O) groups is 2. The highest BCUT2D eigenvalue weighted by molar-refractivity contribution is 5.85. The van der Waals surface area contributed by atoms with Crippen LogP contribution in [-0.4, -0.2) is 68.1 Å². The summed E-state index contributed by atoms with van der Waals surface area (Å²) in [5.41, 5.74) is 0. The summed E-state index contributed by atoms with van der Waals surface area (Å²) in [6.07, 6.45) is 2.90. The molecule has 2 saturated heterocycles. The molecule has 2 aliphatic heterocycles. The summed E-state index contributed by atoms with van der Waals surface area (Å²) in [7, 11) is 1.96. The molecule has 2 aliphatic rings. The van der Waals surface area contributed by atoms with Crippen molar-refractivity contribution >= 4 is 24.3 Å². The van der Waals surface area contributed by atoms with Gasteiger partial charge in [-0.1, -0.05) is 13.8 Å². The first-order valence-corrected chi connectivity index (χ1v) is 8.97. The van der Waals surface area contributed by atoms with E-state index in [4.69, 9.17) is 0 Å². The number of piperidine rings is 1. The van der Waals surface area contributed by atoms with Crippen molar-refractivity contribution in [1.82, 2.24) is 20.4 Å². The van der Waals surface area contributed by atoms with Crippen molar-refractivity contribution in [3.05, 3.63) is 0 Å². The smallest absolute Gasteiger partial charge is 0.317 e. The van der Waals surface area contributed by atoms with Crippen LogP contribution >= 0.6 is 12.4 Å². The molecular weight excluding hydrogens is 328 g/mol. The molecule has 0 aromatic carbocycles. The summed E-state index contributed by atoms with van der Waals surface area (Å²) >= 11 is 0. The van der Waals surface area contributed by atoms with E-state index in [1.807, 2.05) is 16.8 Å². The number of nitrogens with one attached hydrogen (secondary N) is 2. The van der Waals surface area contributed by atoms with Gasteiger partial charge in [-0.3, -0.25) is 4.79 Å². The Morgan fingerprint density at radius 1 is 1.12 bits per heavy atom. The molecule has 0 spiro atoms. The Morgan fingerprint density at radius 3 is 2.54 bits per heavy atom. The van der Waals surface area contributed by atoms with E-state index >= 15 is 0 Å². The first-order valence-electron chi connectivity index (χ1n) is 8.97. The van der Waals surface area contributed by atoms with Gasteiger partial charge in [0, 0.05) is 32.7 Å². The van der Waals surface area contributed by atoms with Gasteiger partial charge in [0.25, 0.3) is 0 Å². The van der Waals surface area contributed by atoms with E-state index in [2.05, 4.69) is 24.5 Å². The molecule has 0 aliphatic carbocycles.